The van der Waals surface area contributed by atoms with Crippen molar-refractivity contribution < 1.29 is 9.84 Å². The second-order valence-corrected chi connectivity index (χ2v) is 3.60. The van der Waals surface area contributed by atoms with E-state index in [2.05, 4.69) is 6.92 Å². The van der Waals surface area contributed by atoms with Gasteiger partial charge in [-0.2, -0.15) is 0 Å². The maximum atomic E-state index is 9.22. The van der Waals surface area contributed by atoms with Crippen LogP contribution in [-0.2, 0) is 4.74 Å². The number of aliphatic hydroxyl groups excluding tert-OH is 1. The molecule has 0 heterocycles. The molecule has 0 aliphatic carbocycles. The van der Waals surface area contributed by atoms with Gasteiger partial charge in [0.1, 0.15) is 0 Å². The molecule has 0 fully saturated rings. The van der Waals surface area contributed by atoms with Crippen molar-refractivity contribution in [3.63, 3.8) is 0 Å². The Kier molecular flexibility index (Phi) is 10.2. The van der Waals surface area contributed by atoms with E-state index >= 15 is 0 Å². The molecule has 0 bridgehead atoms. The van der Waals surface area contributed by atoms with Crippen LogP contribution in [-0.4, -0.2) is 11.4 Å². The molecule has 14 heavy (non-hydrogen) atoms. The van der Waals surface area contributed by atoms with Crippen molar-refractivity contribution in [3.05, 3.63) is 12.3 Å². The van der Waals surface area contributed by atoms with E-state index in [1.807, 2.05) is 13.0 Å². The van der Waals surface area contributed by atoms with Crippen LogP contribution in [0.25, 0.3) is 0 Å². The zero-order chi connectivity index (χ0) is 10.6. The van der Waals surface area contributed by atoms with Gasteiger partial charge < -0.3 is 9.84 Å². The summed E-state index contributed by atoms with van der Waals surface area (Å²) in [4.78, 5) is 0. The summed E-state index contributed by atoms with van der Waals surface area (Å²) in [5, 5.41) is 9.22. The number of unbranched alkanes of at least 4 members (excludes halogenated alkanes) is 4. The monoisotopic (exact) mass is 200 g/mol. The molecular formula is C12H24O2. The molecule has 0 radical (unpaired) electrons. The topological polar surface area (TPSA) is 29.5 Å². The Bertz CT molecular complexity index is 132. The van der Waals surface area contributed by atoms with Crippen LogP contribution in [0.4, 0.5) is 0 Å². The summed E-state index contributed by atoms with van der Waals surface area (Å²) in [6.45, 7) is 4.24. The molecule has 0 amide bonds. The highest BCUT2D eigenvalue weighted by Gasteiger charge is 1.97. The molecule has 2 heteroatoms. The summed E-state index contributed by atoms with van der Waals surface area (Å²) in [6.07, 6.45) is 10.8. The highest BCUT2D eigenvalue weighted by Crippen LogP contribution is 2.04. The molecule has 84 valence electrons. The van der Waals surface area contributed by atoms with E-state index in [1.165, 1.54) is 25.7 Å². The molecule has 0 aliphatic heterocycles. The van der Waals surface area contributed by atoms with Crippen LogP contribution >= 0.6 is 0 Å². The average molecular weight is 200 g/mol. The quantitative estimate of drug-likeness (QED) is 0.350. The zero-order valence-corrected chi connectivity index (χ0v) is 9.54. The van der Waals surface area contributed by atoms with Crippen molar-refractivity contribution >= 4 is 0 Å². The average Bonchev–Trinajstić information content (AvgIpc) is 2.17. The standard InChI is InChI=1S/C12H24O2/c1-3-5-6-7-8-9-11-14-12(13)10-4-2/h9,11-13H,3-8,10H2,1-2H3. The summed E-state index contributed by atoms with van der Waals surface area (Å²) in [7, 11) is 0. The van der Waals surface area contributed by atoms with E-state index in [-0.39, 0.29) is 0 Å². The maximum Gasteiger partial charge on any atom is 0.196 e. The van der Waals surface area contributed by atoms with Crippen LogP contribution in [0.3, 0.4) is 0 Å². The molecule has 0 spiro atoms. The highest BCUT2D eigenvalue weighted by atomic mass is 16.6. The Morgan fingerprint density at radius 2 is 1.93 bits per heavy atom. The first-order valence-corrected chi connectivity index (χ1v) is 5.79. The van der Waals surface area contributed by atoms with Crippen molar-refractivity contribution in [1.29, 1.82) is 0 Å². The Morgan fingerprint density at radius 3 is 2.57 bits per heavy atom. The minimum Gasteiger partial charge on any atom is -0.473 e. The molecule has 0 rings (SSSR count). The van der Waals surface area contributed by atoms with E-state index in [0.29, 0.717) is 6.42 Å². The van der Waals surface area contributed by atoms with Crippen molar-refractivity contribution in [2.24, 2.45) is 0 Å². The molecule has 1 unspecified atom stereocenters. The molecule has 0 saturated heterocycles. The number of allylic oxidation sites excluding steroid dienone is 1. The molecule has 0 aromatic rings. The molecular weight excluding hydrogens is 176 g/mol. The number of aliphatic hydroxyl groups is 1. The third kappa shape index (κ3) is 9.59. The lowest BCUT2D eigenvalue weighted by Crippen LogP contribution is -2.06. The lowest BCUT2D eigenvalue weighted by Gasteiger charge is -2.07. The van der Waals surface area contributed by atoms with E-state index in [0.717, 1.165) is 12.8 Å². The van der Waals surface area contributed by atoms with Gasteiger partial charge in [-0.05, 0) is 18.9 Å². The first-order chi connectivity index (χ1) is 6.81. The second-order valence-electron chi connectivity index (χ2n) is 3.60. The summed E-state index contributed by atoms with van der Waals surface area (Å²) < 4.78 is 5.06. The van der Waals surface area contributed by atoms with Crippen LogP contribution < -0.4 is 0 Å². The van der Waals surface area contributed by atoms with Gasteiger partial charge in [0.25, 0.3) is 0 Å². The number of rotatable bonds is 9. The summed E-state index contributed by atoms with van der Waals surface area (Å²) >= 11 is 0. The fourth-order valence-electron chi connectivity index (χ4n) is 1.22. The van der Waals surface area contributed by atoms with Crippen LogP contribution in [0.2, 0.25) is 0 Å². The minimum atomic E-state index is -0.619. The van der Waals surface area contributed by atoms with Gasteiger partial charge in [0.05, 0.1) is 6.26 Å². The largest absolute Gasteiger partial charge is 0.473 e. The van der Waals surface area contributed by atoms with E-state index < -0.39 is 6.29 Å². The highest BCUT2D eigenvalue weighted by molar-refractivity contribution is 4.73. The van der Waals surface area contributed by atoms with E-state index in [9.17, 15) is 5.11 Å². The molecule has 2 nitrogen and oxygen atoms in total. The zero-order valence-electron chi connectivity index (χ0n) is 9.54. The third-order valence-electron chi connectivity index (χ3n) is 2.09. The Balaban J connectivity index is 3.18. The maximum absolute atomic E-state index is 9.22. The number of hydrogen-bond donors (Lipinski definition) is 1. The first kappa shape index (κ1) is 13.5. The van der Waals surface area contributed by atoms with Crippen LogP contribution in [0.1, 0.15) is 58.8 Å². The predicted octanol–water partition coefficient (Wildman–Crippen LogP) is 3.61. The summed E-state index contributed by atoms with van der Waals surface area (Å²) in [5.41, 5.74) is 0. The van der Waals surface area contributed by atoms with E-state index in [1.54, 1.807) is 6.26 Å². The SMILES string of the molecule is CCCCCCC=COC(O)CCC. The lowest BCUT2D eigenvalue weighted by molar-refractivity contribution is -0.0564. The Hall–Kier alpha value is -0.500. The van der Waals surface area contributed by atoms with Gasteiger partial charge >= 0.3 is 0 Å². The third-order valence-corrected chi connectivity index (χ3v) is 2.09. The Morgan fingerprint density at radius 1 is 1.14 bits per heavy atom. The first-order valence-electron chi connectivity index (χ1n) is 5.79. The molecule has 0 aromatic heterocycles. The van der Waals surface area contributed by atoms with Gasteiger partial charge in [0.2, 0.25) is 0 Å². The minimum absolute atomic E-state index is 0.619. The van der Waals surface area contributed by atoms with Crippen LogP contribution in [0, 0.1) is 0 Å². The molecule has 1 N–H and O–H groups in total. The lowest BCUT2D eigenvalue weighted by atomic mass is 10.1. The van der Waals surface area contributed by atoms with Crippen molar-refractivity contribution in [2.45, 2.75) is 65.1 Å². The molecule has 0 aliphatic rings. The molecule has 1 atom stereocenters. The van der Waals surface area contributed by atoms with Gasteiger partial charge in [-0.1, -0.05) is 39.5 Å². The second kappa shape index (κ2) is 10.6. The smallest absolute Gasteiger partial charge is 0.196 e. The molecule has 0 saturated carbocycles. The van der Waals surface area contributed by atoms with Gasteiger partial charge in [-0.15, -0.1) is 0 Å². The van der Waals surface area contributed by atoms with Crippen LogP contribution in [0.5, 0.6) is 0 Å². The number of hydrogen-bond acceptors (Lipinski definition) is 2. The van der Waals surface area contributed by atoms with Gasteiger partial charge in [-0.3, -0.25) is 0 Å². The predicted molar refractivity (Wildman–Crippen MR) is 59.9 cm³/mol. The fourth-order valence-corrected chi connectivity index (χ4v) is 1.22. The summed E-state index contributed by atoms with van der Waals surface area (Å²) in [6, 6.07) is 0. The fraction of sp³-hybridized carbons (Fsp3) is 0.833. The summed E-state index contributed by atoms with van der Waals surface area (Å²) in [5.74, 6) is 0. The number of ether oxygens (including phenoxy) is 1. The van der Waals surface area contributed by atoms with Gasteiger partial charge in [0, 0.05) is 6.42 Å². The van der Waals surface area contributed by atoms with Crippen molar-refractivity contribution in [3.8, 4) is 0 Å². The normalized spacial score (nSPS) is 13.4. The van der Waals surface area contributed by atoms with E-state index in [4.69, 9.17) is 4.74 Å². The van der Waals surface area contributed by atoms with Gasteiger partial charge in [-0.25, -0.2) is 0 Å². The Labute approximate surface area is 88.0 Å². The molecule has 0 aromatic carbocycles. The van der Waals surface area contributed by atoms with Crippen molar-refractivity contribution in [1.82, 2.24) is 0 Å². The van der Waals surface area contributed by atoms with Crippen LogP contribution in [0.15, 0.2) is 12.3 Å². The van der Waals surface area contributed by atoms with Crippen molar-refractivity contribution in [2.75, 3.05) is 0 Å². The van der Waals surface area contributed by atoms with Gasteiger partial charge in [0.15, 0.2) is 6.29 Å².